The Labute approximate surface area is 88.8 Å². The van der Waals surface area contributed by atoms with Crippen LogP contribution < -0.4 is 4.74 Å². The number of ketones is 1. The van der Waals surface area contributed by atoms with Gasteiger partial charge in [0.05, 0.1) is 12.5 Å². The van der Waals surface area contributed by atoms with Gasteiger partial charge in [0.15, 0.2) is 0 Å². The monoisotopic (exact) mass is 212 g/mol. The summed E-state index contributed by atoms with van der Waals surface area (Å²) in [5.74, 6) is 0.890. The smallest absolute Gasteiger partial charge is 0.131 e. The van der Waals surface area contributed by atoms with E-state index in [4.69, 9.17) is 16.3 Å². The summed E-state index contributed by atoms with van der Waals surface area (Å²) in [4.78, 5) is 10.8. The molecule has 0 radical (unpaired) electrons. The van der Waals surface area contributed by atoms with Crippen LogP contribution in [0.25, 0.3) is 0 Å². The number of rotatable bonds is 4. The second kappa shape index (κ2) is 5.01. The molecule has 1 aromatic carbocycles. The lowest BCUT2D eigenvalue weighted by atomic mass is 10.1. The molecule has 14 heavy (non-hydrogen) atoms. The molecule has 0 aliphatic rings. The molecule has 2 nitrogen and oxygen atoms in total. The summed E-state index contributed by atoms with van der Waals surface area (Å²) in [6.07, 6.45) is 0.369. The lowest BCUT2D eigenvalue weighted by Crippen LogP contribution is -1.97. The molecule has 0 heterocycles. The maximum absolute atomic E-state index is 10.8. The van der Waals surface area contributed by atoms with Crippen molar-refractivity contribution in [3.8, 4) is 5.75 Å². The molecular formula is C11H13ClO2. The standard InChI is InChI=1S/C11H13ClO2/c1-8(13)7-11(12)9-3-5-10(14-2)6-4-9/h3-6,11H,7H2,1-2H3. The number of carbonyl (C=O) groups excluding carboxylic acids is 1. The Bertz CT molecular complexity index is 306. The number of methoxy groups -OCH3 is 1. The van der Waals surface area contributed by atoms with Crippen LogP contribution in [0.3, 0.4) is 0 Å². The molecule has 0 fully saturated rings. The topological polar surface area (TPSA) is 26.3 Å². The van der Waals surface area contributed by atoms with E-state index in [1.807, 2.05) is 24.3 Å². The second-order valence-corrected chi connectivity index (χ2v) is 3.67. The van der Waals surface area contributed by atoms with Crippen molar-refractivity contribution < 1.29 is 9.53 Å². The fraction of sp³-hybridized carbons (Fsp3) is 0.364. The van der Waals surface area contributed by atoms with Gasteiger partial charge in [-0.15, -0.1) is 11.6 Å². The van der Waals surface area contributed by atoms with Crippen LogP contribution in [0.1, 0.15) is 24.3 Å². The normalized spacial score (nSPS) is 12.2. The lowest BCUT2D eigenvalue weighted by Gasteiger charge is -2.08. The van der Waals surface area contributed by atoms with E-state index in [9.17, 15) is 4.79 Å². The predicted molar refractivity (Wildman–Crippen MR) is 56.9 cm³/mol. The van der Waals surface area contributed by atoms with Gasteiger partial charge in [-0.1, -0.05) is 12.1 Å². The minimum atomic E-state index is -0.238. The van der Waals surface area contributed by atoms with E-state index in [1.54, 1.807) is 14.0 Å². The summed E-state index contributed by atoms with van der Waals surface area (Å²) >= 11 is 6.04. The van der Waals surface area contributed by atoms with Crippen LogP contribution >= 0.6 is 11.6 Å². The molecule has 1 rings (SSSR count). The van der Waals surface area contributed by atoms with Crippen molar-refractivity contribution in [2.24, 2.45) is 0 Å². The van der Waals surface area contributed by atoms with Gasteiger partial charge in [-0.2, -0.15) is 0 Å². The number of ether oxygens (including phenoxy) is 1. The SMILES string of the molecule is COc1ccc(C(Cl)CC(C)=O)cc1. The van der Waals surface area contributed by atoms with Gasteiger partial charge in [0.2, 0.25) is 0 Å². The highest BCUT2D eigenvalue weighted by Gasteiger charge is 2.09. The fourth-order valence-corrected chi connectivity index (χ4v) is 1.55. The molecule has 0 amide bonds. The van der Waals surface area contributed by atoms with Gasteiger partial charge in [0, 0.05) is 6.42 Å². The summed E-state index contributed by atoms with van der Waals surface area (Å²) in [6.45, 7) is 1.54. The van der Waals surface area contributed by atoms with Gasteiger partial charge in [0.1, 0.15) is 11.5 Å². The van der Waals surface area contributed by atoms with E-state index in [2.05, 4.69) is 0 Å². The number of benzene rings is 1. The van der Waals surface area contributed by atoms with Crippen LogP contribution in [-0.2, 0) is 4.79 Å². The van der Waals surface area contributed by atoms with E-state index in [1.165, 1.54) is 0 Å². The highest BCUT2D eigenvalue weighted by atomic mass is 35.5. The molecule has 0 bridgehead atoms. The van der Waals surface area contributed by atoms with Gasteiger partial charge in [-0.25, -0.2) is 0 Å². The molecular weight excluding hydrogens is 200 g/mol. The average molecular weight is 213 g/mol. The van der Waals surface area contributed by atoms with Crippen molar-refractivity contribution in [1.29, 1.82) is 0 Å². The Hall–Kier alpha value is -1.02. The highest BCUT2D eigenvalue weighted by molar-refractivity contribution is 6.21. The minimum absolute atomic E-state index is 0.0980. The van der Waals surface area contributed by atoms with Gasteiger partial charge >= 0.3 is 0 Å². The molecule has 1 unspecified atom stereocenters. The summed E-state index contributed by atoms with van der Waals surface area (Å²) in [5, 5.41) is -0.238. The molecule has 0 aliphatic carbocycles. The molecule has 0 aromatic heterocycles. The Balaban J connectivity index is 2.71. The first-order valence-electron chi connectivity index (χ1n) is 4.41. The van der Waals surface area contributed by atoms with Crippen molar-refractivity contribution in [2.75, 3.05) is 7.11 Å². The lowest BCUT2D eigenvalue weighted by molar-refractivity contribution is -0.117. The Morgan fingerprint density at radius 3 is 2.43 bits per heavy atom. The zero-order valence-electron chi connectivity index (χ0n) is 8.29. The fourth-order valence-electron chi connectivity index (χ4n) is 1.18. The Kier molecular flexibility index (Phi) is 3.96. The Morgan fingerprint density at radius 2 is 2.00 bits per heavy atom. The van der Waals surface area contributed by atoms with E-state index >= 15 is 0 Å². The third kappa shape index (κ3) is 3.04. The molecule has 76 valence electrons. The number of Topliss-reactive ketones (excluding diaryl/α,β-unsaturated/α-hetero) is 1. The van der Waals surface area contributed by atoms with Crippen LogP contribution in [0, 0.1) is 0 Å². The maximum Gasteiger partial charge on any atom is 0.131 e. The summed E-state index contributed by atoms with van der Waals surface area (Å²) in [7, 11) is 1.61. The molecule has 0 saturated carbocycles. The number of carbonyl (C=O) groups is 1. The first-order chi connectivity index (χ1) is 6.63. The van der Waals surface area contributed by atoms with Crippen LogP contribution in [0.15, 0.2) is 24.3 Å². The summed E-state index contributed by atoms with van der Waals surface area (Å²) < 4.78 is 5.02. The highest BCUT2D eigenvalue weighted by Crippen LogP contribution is 2.25. The number of halogens is 1. The largest absolute Gasteiger partial charge is 0.497 e. The molecule has 0 spiro atoms. The number of hydrogen-bond donors (Lipinski definition) is 0. The van der Waals surface area contributed by atoms with Crippen molar-refractivity contribution in [2.45, 2.75) is 18.7 Å². The second-order valence-electron chi connectivity index (χ2n) is 3.15. The van der Waals surface area contributed by atoms with Gasteiger partial charge < -0.3 is 4.74 Å². The first-order valence-corrected chi connectivity index (χ1v) is 4.84. The van der Waals surface area contributed by atoms with Crippen molar-refractivity contribution in [3.05, 3.63) is 29.8 Å². The molecule has 1 aromatic rings. The maximum atomic E-state index is 10.8. The van der Waals surface area contributed by atoms with E-state index < -0.39 is 0 Å². The Morgan fingerprint density at radius 1 is 1.43 bits per heavy atom. The van der Waals surface area contributed by atoms with Gasteiger partial charge in [-0.3, -0.25) is 4.79 Å². The molecule has 3 heteroatoms. The van der Waals surface area contributed by atoms with E-state index in [0.29, 0.717) is 6.42 Å². The van der Waals surface area contributed by atoms with Crippen LogP contribution in [0.4, 0.5) is 0 Å². The number of hydrogen-bond acceptors (Lipinski definition) is 2. The molecule has 0 saturated heterocycles. The van der Waals surface area contributed by atoms with Crippen molar-refractivity contribution in [3.63, 3.8) is 0 Å². The average Bonchev–Trinajstić information content (AvgIpc) is 2.17. The van der Waals surface area contributed by atoms with Gasteiger partial charge in [0.25, 0.3) is 0 Å². The van der Waals surface area contributed by atoms with Crippen LogP contribution in [0.5, 0.6) is 5.75 Å². The predicted octanol–water partition coefficient (Wildman–Crippen LogP) is 2.95. The van der Waals surface area contributed by atoms with Crippen LogP contribution in [-0.4, -0.2) is 12.9 Å². The first kappa shape index (κ1) is 11.1. The molecule has 1 atom stereocenters. The number of alkyl halides is 1. The van der Waals surface area contributed by atoms with E-state index in [-0.39, 0.29) is 11.2 Å². The minimum Gasteiger partial charge on any atom is -0.497 e. The molecule has 0 N–H and O–H groups in total. The third-order valence-corrected chi connectivity index (χ3v) is 2.35. The third-order valence-electron chi connectivity index (χ3n) is 1.94. The van der Waals surface area contributed by atoms with E-state index in [0.717, 1.165) is 11.3 Å². The van der Waals surface area contributed by atoms with Gasteiger partial charge in [-0.05, 0) is 24.6 Å². The molecule has 0 aliphatic heterocycles. The quantitative estimate of drug-likeness (QED) is 0.718. The summed E-state index contributed by atoms with van der Waals surface area (Å²) in [6, 6.07) is 7.43. The zero-order chi connectivity index (χ0) is 10.6. The van der Waals surface area contributed by atoms with Crippen molar-refractivity contribution >= 4 is 17.4 Å². The summed E-state index contributed by atoms with van der Waals surface area (Å²) in [5.41, 5.74) is 0.947. The van der Waals surface area contributed by atoms with Crippen LogP contribution in [0.2, 0.25) is 0 Å². The zero-order valence-corrected chi connectivity index (χ0v) is 9.04. The van der Waals surface area contributed by atoms with Crippen molar-refractivity contribution in [1.82, 2.24) is 0 Å².